The van der Waals surface area contributed by atoms with Gasteiger partial charge in [0.25, 0.3) is 0 Å². The first-order valence-corrected chi connectivity index (χ1v) is 8.14. The van der Waals surface area contributed by atoms with Gasteiger partial charge in [-0.1, -0.05) is 85.7 Å². The van der Waals surface area contributed by atoms with E-state index >= 15 is 0 Å². The Morgan fingerprint density at radius 2 is 1.36 bits per heavy atom. The van der Waals surface area contributed by atoms with Crippen molar-refractivity contribution in [3.05, 3.63) is 83.0 Å². The van der Waals surface area contributed by atoms with Gasteiger partial charge in [-0.15, -0.1) is 0 Å². The molecule has 0 spiro atoms. The van der Waals surface area contributed by atoms with E-state index in [1.807, 2.05) is 0 Å². The van der Waals surface area contributed by atoms with Crippen molar-refractivity contribution in [2.75, 3.05) is 0 Å². The number of allylic oxidation sites excluding steroid dienone is 4. The molecule has 22 heavy (non-hydrogen) atoms. The standard InChI is InChI=1S/C22H22/c1-15-12-13-16(14-15)22(2,3)21-19-10-6-4-8-17(19)18-9-5-7-11-20(18)21/h4-13,21H,14H2,1-3H3. The lowest BCUT2D eigenvalue weighted by molar-refractivity contribution is 0.387. The summed E-state index contributed by atoms with van der Waals surface area (Å²) in [5.41, 5.74) is 8.97. The van der Waals surface area contributed by atoms with Gasteiger partial charge in [0.1, 0.15) is 0 Å². The quantitative estimate of drug-likeness (QED) is 0.625. The van der Waals surface area contributed by atoms with Crippen LogP contribution in [-0.4, -0.2) is 0 Å². The first kappa shape index (κ1) is 13.6. The maximum absolute atomic E-state index is 2.41. The predicted octanol–water partition coefficient (Wildman–Crippen LogP) is 6.10. The molecular weight excluding hydrogens is 264 g/mol. The summed E-state index contributed by atoms with van der Waals surface area (Å²) >= 11 is 0. The summed E-state index contributed by atoms with van der Waals surface area (Å²) < 4.78 is 0. The molecule has 0 heterocycles. The van der Waals surface area contributed by atoms with Crippen molar-refractivity contribution in [3.8, 4) is 11.1 Å². The Balaban J connectivity index is 1.88. The van der Waals surface area contributed by atoms with Gasteiger partial charge in [-0.05, 0) is 41.0 Å². The molecule has 0 nitrogen and oxygen atoms in total. The van der Waals surface area contributed by atoms with E-state index in [1.54, 1.807) is 5.57 Å². The fourth-order valence-corrected chi connectivity index (χ4v) is 4.22. The lowest BCUT2D eigenvalue weighted by Gasteiger charge is -2.35. The molecular formula is C22H22. The average molecular weight is 286 g/mol. The summed E-state index contributed by atoms with van der Waals surface area (Å²) in [5, 5.41) is 0. The van der Waals surface area contributed by atoms with Gasteiger partial charge in [0.2, 0.25) is 0 Å². The van der Waals surface area contributed by atoms with Crippen LogP contribution in [0.25, 0.3) is 11.1 Å². The molecule has 0 N–H and O–H groups in total. The molecule has 0 saturated heterocycles. The lowest BCUT2D eigenvalue weighted by atomic mass is 9.68. The van der Waals surface area contributed by atoms with Crippen LogP contribution < -0.4 is 0 Å². The summed E-state index contributed by atoms with van der Waals surface area (Å²) in [5.74, 6) is 0.449. The molecule has 0 atom stereocenters. The van der Waals surface area contributed by atoms with Crippen molar-refractivity contribution < 1.29 is 0 Å². The highest BCUT2D eigenvalue weighted by molar-refractivity contribution is 5.79. The van der Waals surface area contributed by atoms with Crippen LogP contribution in [0.1, 0.15) is 44.2 Å². The highest BCUT2D eigenvalue weighted by Crippen LogP contribution is 2.56. The third kappa shape index (κ3) is 1.83. The summed E-state index contributed by atoms with van der Waals surface area (Å²) in [7, 11) is 0. The smallest absolute Gasteiger partial charge is 0.0190 e. The molecule has 2 aromatic rings. The molecule has 0 radical (unpaired) electrons. The summed E-state index contributed by atoms with van der Waals surface area (Å²) in [6.45, 7) is 7.06. The summed E-state index contributed by atoms with van der Waals surface area (Å²) in [6.07, 6.45) is 5.75. The van der Waals surface area contributed by atoms with Crippen molar-refractivity contribution in [1.82, 2.24) is 0 Å². The zero-order valence-corrected chi connectivity index (χ0v) is 13.6. The molecule has 110 valence electrons. The highest BCUT2D eigenvalue weighted by Gasteiger charge is 2.41. The minimum Gasteiger partial charge on any atom is -0.0692 e. The van der Waals surface area contributed by atoms with Gasteiger partial charge in [0.15, 0.2) is 0 Å². The molecule has 0 unspecified atom stereocenters. The number of benzene rings is 2. The minimum atomic E-state index is 0.136. The molecule has 0 bridgehead atoms. The van der Waals surface area contributed by atoms with Crippen LogP contribution in [0.15, 0.2) is 71.8 Å². The molecule has 2 aliphatic carbocycles. The van der Waals surface area contributed by atoms with Crippen molar-refractivity contribution in [1.29, 1.82) is 0 Å². The first-order valence-electron chi connectivity index (χ1n) is 8.14. The number of fused-ring (bicyclic) bond motifs is 3. The van der Waals surface area contributed by atoms with E-state index in [-0.39, 0.29) is 5.41 Å². The Morgan fingerprint density at radius 3 is 1.86 bits per heavy atom. The Kier molecular flexibility index (Phi) is 2.91. The van der Waals surface area contributed by atoms with Crippen molar-refractivity contribution in [2.45, 2.75) is 33.1 Å². The second-order valence-corrected chi connectivity index (χ2v) is 7.21. The molecule has 0 heteroatoms. The van der Waals surface area contributed by atoms with Crippen molar-refractivity contribution >= 4 is 0 Å². The Labute approximate surface area is 133 Å². The van der Waals surface area contributed by atoms with Crippen LogP contribution in [0.5, 0.6) is 0 Å². The maximum Gasteiger partial charge on any atom is 0.0190 e. The summed E-state index contributed by atoms with van der Waals surface area (Å²) in [6, 6.07) is 17.9. The molecule has 0 fully saturated rings. The first-order chi connectivity index (χ1) is 10.6. The van der Waals surface area contributed by atoms with Crippen LogP contribution in [-0.2, 0) is 0 Å². The van der Waals surface area contributed by atoms with E-state index in [1.165, 1.54) is 27.8 Å². The SMILES string of the molecule is CC1=CC=C(C(C)(C)C2c3ccccc3-c3ccccc32)C1. The third-order valence-electron chi connectivity index (χ3n) is 5.42. The van der Waals surface area contributed by atoms with Crippen molar-refractivity contribution in [2.24, 2.45) is 5.41 Å². The van der Waals surface area contributed by atoms with E-state index in [4.69, 9.17) is 0 Å². The van der Waals surface area contributed by atoms with Crippen LogP contribution in [0.3, 0.4) is 0 Å². The van der Waals surface area contributed by atoms with Gasteiger partial charge >= 0.3 is 0 Å². The fraction of sp³-hybridized carbons (Fsp3) is 0.273. The van der Waals surface area contributed by atoms with Gasteiger partial charge in [-0.3, -0.25) is 0 Å². The summed E-state index contributed by atoms with van der Waals surface area (Å²) in [4.78, 5) is 0. The predicted molar refractivity (Wildman–Crippen MR) is 94.0 cm³/mol. The van der Waals surface area contributed by atoms with Gasteiger partial charge in [0, 0.05) is 5.92 Å². The fourth-order valence-electron chi connectivity index (χ4n) is 4.22. The minimum absolute atomic E-state index is 0.136. The third-order valence-corrected chi connectivity index (χ3v) is 5.42. The second-order valence-electron chi connectivity index (χ2n) is 7.21. The van der Waals surface area contributed by atoms with Gasteiger partial charge < -0.3 is 0 Å². The second kappa shape index (κ2) is 4.71. The number of rotatable bonds is 2. The van der Waals surface area contributed by atoms with Crippen molar-refractivity contribution in [3.63, 3.8) is 0 Å². The zero-order valence-electron chi connectivity index (χ0n) is 13.6. The topological polar surface area (TPSA) is 0 Å². The highest BCUT2D eigenvalue weighted by atomic mass is 14.4. The molecule has 2 aromatic carbocycles. The Morgan fingerprint density at radius 1 is 0.818 bits per heavy atom. The number of hydrogen-bond acceptors (Lipinski definition) is 0. The van der Waals surface area contributed by atoms with Crippen LogP contribution in [0.4, 0.5) is 0 Å². The van der Waals surface area contributed by atoms with Crippen LogP contribution >= 0.6 is 0 Å². The van der Waals surface area contributed by atoms with Gasteiger partial charge in [0.05, 0.1) is 0 Å². The van der Waals surface area contributed by atoms with Gasteiger partial charge in [-0.25, -0.2) is 0 Å². The van der Waals surface area contributed by atoms with E-state index < -0.39 is 0 Å². The van der Waals surface area contributed by atoms with Crippen LogP contribution in [0.2, 0.25) is 0 Å². The number of hydrogen-bond donors (Lipinski definition) is 0. The van der Waals surface area contributed by atoms with Crippen LogP contribution in [0, 0.1) is 5.41 Å². The Bertz CT molecular complexity index is 757. The average Bonchev–Trinajstić information content (AvgIpc) is 3.09. The molecule has 2 aliphatic rings. The molecule has 0 aliphatic heterocycles. The van der Waals surface area contributed by atoms with Gasteiger partial charge in [-0.2, -0.15) is 0 Å². The normalized spacial score (nSPS) is 17.0. The molecule has 0 aromatic heterocycles. The molecule has 4 rings (SSSR count). The largest absolute Gasteiger partial charge is 0.0692 e. The zero-order chi connectivity index (χ0) is 15.3. The van der Waals surface area contributed by atoms with E-state index in [9.17, 15) is 0 Å². The molecule has 0 amide bonds. The van der Waals surface area contributed by atoms with E-state index in [2.05, 4.69) is 81.5 Å². The van der Waals surface area contributed by atoms with E-state index in [0.717, 1.165) is 6.42 Å². The lowest BCUT2D eigenvalue weighted by Crippen LogP contribution is -2.24. The maximum atomic E-state index is 2.41. The van der Waals surface area contributed by atoms with E-state index in [0.29, 0.717) is 5.92 Å². The monoisotopic (exact) mass is 286 g/mol. The Hall–Kier alpha value is -2.08. The molecule has 0 saturated carbocycles.